The first-order valence-electron chi connectivity index (χ1n) is 6.34. The van der Waals surface area contributed by atoms with Crippen LogP contribution in [-0.2, 0) is 4.74 Å². The van der Waals surface area contributed by atoms with Gasteiger partial charge in [-0.15, -0.1) is 11.3 Å². The van der Waals surface area contributed by atoms with E-state index in [9.17, 15) is 4.79 Å². The molecular weight excluding hydrogens is 286 g/mol. The van der Waals surface area contributed by atoms with Gasteiger partial charge >= 0.3 is 5.97 Å². The number of carbonyl (C=O) groups excluding carboxylic acids is 1. The Morgan fingerprint density at radius 2 is 2.05 bits per heavy atom. The van der Waals surface area contributed by atoms with Crippen molar-refractivity contribution in [2.75, 3.05) is 14.2 Å². The molecule has 0 N–H and O–H groups in total. The predicted octanol–water partition coefficient (Wildman–Crippen LogP) is 3.76. The van der Waals surface area contributed by atoms with Gasteiger partial charge in [-0.2, -0.15) is 0 Å². The van der Waals surface area contributed by atoms with E-state index < -0.39 is 5.97 Å². The average molecular weight is 299 g/mol. The molecule has 3 rings (SSSR count). The standard InChI is InChI=1S/C16H13NO3S/c1-19-15-14-10(5-3-6-11(14)16(18)20-2)12(9-17-15)13-7-4-8-21-13/h3-9H,1-2H3. The number of hydrogen-bond donors (Lipinski definition) is 0. The molecule has 5 heteroatoms. The van der Waals surface area contributed by atoms with Crippen molar-refractivity contribution in [3.05, 3.63) is 47.5 Å². The number of carbonyl (C=O) groups is 1. The van der Waals surface area contributed by atoms with Gasteiger partial charge in [-0.05, 0) is 22.9 Å². The minimum atomic E-state index is -0.399. The highest BCUT2D eigenvalue weighted by molar-refractivity contribution is 7.13. The van der Waals surface area contributed by atoms with Gasteiger partial charge in [-0.25, -0.2) is 9.78 Å². The third-order valence-electron chi connectivity index (χ3n) is 3.26. The molecular formula is C16H13NO3S. The fourth-order valence-electron chi connectivity index (χ4n) is 2.33. The molecule has 0 spiro atoms. The molecule has 1 aromatic carbocycles. The lowest BCUT2D eigenvalue weighted by atomic mass is 10.0. The van der Waals surface area contributed by atoms with Crippen LogP contribution in [0.2, 0.25) is 0 Å². The molecule has 106 valence electrons. The number of aromatic nitrogens is 1. The maximum absolute atomic E-state index is 12.0. The van der Waals surface area contributed by atoms with Gasteiger partial charge < -0.3 is 9.47 Å². The maximum atomic E-state index is 12.0. The Morgan fingerprint density at radius 1 is 1.19 bits per heavy atom. The zero-order chi connectivity index (χ0) is 14.8. The molecule has 0 saturated carbocycles. The van der Waals surface area contributed by atoms with Crippen LogP contribution < -0.4 is 4.74 Å². The lowest BCUT2D eigenvalue weighted by molar-refractivity contribution is 0.0602. The number of pyridine rings is 1. The molecule has 0 unspecified atom stereocenters. The zero-order valence-corrected chi connectivity index (χ0v) is 12.4. The number of methoxy groups -OCH3 is 2. The van der Waals surface area contributed by atoms with Crippen LogP contribution >= 0.6 is 11.3 Å². The van der Waals surface area contributed by atoms with Crippen molar-refractivity contribution in [2.45, 2.75) is 0 Å². The second kappa shape index (κ2) is 5.54. The van der Waals surface area contributed by atoms with Crippen LogP contribution in [-0.4, -0.2) is 25.2 Å². The summed E-state index contributed by atoms with van der Waals surface area (Å²) in [6.45, 7) is 0. The van der Waals surface area contributed by atoms with E-state index in [1.807, 2.05) is 29.6 Å². The van der Waals surface area contributed by atoms with Crippen molar-refractivity contribution in [1.29, 1.82) is 0 Å². The molecule has 2 aromatic heterocycles. The quantitative estimate of drug-likeness (QED) is 0.691. The topological polar surface area (TPSA) is 48.4 Å². The Labute approximate surface area is 126 Å². The largest absolute Gasteiger partial charge is 0.481 e. The van der Waals surface area contributed by atoms with Crippen LogP contribution in [0.25, 0.3) is 21.2 Å². The van der Waals surface area contributed by atoms with Crippen molar-refractivity contribution in [1.82, 2.24) is 4.98 Å². The van der Waals surface area contributed by atoms with E-state index in [4.69, 9.17) is 9.47 Å². The van der Waals surface area contributed by atoms with Crippen molar-refractivity contribution in [3.8, 4) is 16.3 Å². The van der Waals surface area contributed by atoms with Crippen LogP contribution in [0.15, 0.2) is 41.9 Å². The van der Waals surface area contributed by atoms with Crippen LogP contribution in [0.4, 0.5) is 0 Å². The third kappa shape index (κ3) is 2.25. The Hall–Kier alpha value is -2.40. The number of esters is 1. The van der Waals surface area contributed by atoms with Crippen LogP contribution in [0.3, 0.4) is 0 Å². The Bertz CT molecular complexity index is 797. The number of ether oxygens (including phenoxy) is 2. The van der Waals surface area contributed by atoms with Gasteiger partial charge in [0, 0.05) is 16.6 Å². The third-order valence-corrected chi connectivity index (χ3v) is 4.17. The number of thiophene rings is 1. The van der Waals surface area contributed by atoms with Gasteiger partial charge in [0.25, 0.3) is 0 Å². The SMILES string of the molecule is COC(=O)c1cccc2c(-c3cccs3)cnc(OC)c12. The van der Waals surface area contributed by atoms with Crippen molar-refractivity contribution in [3.63, 3.8) is 0 Å². The second-order valence-electron chi connectivity index (χ2n) is 4.38. The summed E-state index contributed by atoms with van der Waals surface area (Å²) in [4.78, 5) is 17.4. The first-order valence-corrected chi connectivity index (χ1v) is 7.22. The van der Waals surface area contributed by atoms with Crippen molar-refractivity contribution >= 4 is 28.1 Å². The first kappa shape index (κ1) is 13.6. The van der Waals surface area contributed by atoms with Gasteiger partial charge in [0.2, 0.25) is 5.88 Å². The molecule has 21 heavy (non-hydrogen) atoms. The summed E-state index contributed by atoms with van der Waals surface area (Å²) < 4.78 is 10.2. The fourth-order valence-corrected chi connectivity index (χ4v) is 3.08. The Balaban J connectivity index is 2.38. The van der Waals surface area contributed by atoms with E-state index in [2.05, 4.69) is 4.98 Å². The number of fused-ring (bicyclic) bond motifs is 1. The van der Waals surface area contributed by atoms with Crippen LogP contribution in [0.1, 0.15) is 10.4 Å². The molecule has 3 aromatic rings. The molecule has 0 aliphatic rings. The van der Waals surface area contributed by atoms with Gasteiger partial charge in [0.1, 0.15) is 0 Å². The summed E-state index contributed by atoms with van der Waals surface area (Å²) in [6, 6.07) is 9.53. The number of hydrogen-bond acceptors (Lipinski definition) is 5. The van der Waals surface area contributed by atoms with E-state index in [1.165, 1.54) is 7.11 Å². The monoisotopic (exact) mass is 299 g/mol. The molecule has 0 bridgehead atoms. The van der Waals surface area contributed by atoms with E-state index in [0.29, 0.717) is 16.8 Å². The summed E-state index contributed by atoms with van der Waals surface area (Å²) in [6.07, 6.45) is 1.77. The maximum Gasteiger partial charge on any atom is 0.338 e. The molecule has 0 aliphatic heterocycles. The number of nitrogens with zero attached hydrogens (tertiary/aromatic N) is 1. The lowest BCUT2D eigenvalue weighted by Crippen LogP contribution is -2.04. The molecule has 0 aliphatic carbocycles. The highest BCUT2D eigenvalue weighted by Crippen LogP contribution is 2.36. The smallest absolute Gasteiger partial charge is 0.338 e. The predicted molar refractivity (Wildman–Crippen MR) is 82.9 cm³/mol. The molecule has 4 nitrogen and oxygen atoms in total. The van der Waals surface area contributed by atoms with Crippen LogP contribution in [0.5, 0.6) is 5.88 Å². The Morgan fingerprint density at radius 3 is 2.71 bits per heavy atom. The van der Waals surface area contributed by atoms with E-state index in [1.54, 1.807) is 30.7 Å². The highest BCUT2D eigenvalue weighted by Gasteiger charge is 2.18. The second-order valence-corrected chi connectivity index (χ2v) is 5.33. The van der Waals surface area contributed by atoms with Gasteiger partial charge in [-0.1, -0.05) is 18.2 Å². The minimum Gasteiger partial charge on any atom is -0.481 e. The molecule has 0 atom stereocenters. The summed E-state index contributed by atoms with van der Waals surface area (Å²) in [5.74, 6) is 0.0235. The summed E-state index contributed by atoms with van der Waals surface area (Å²) in [5.41, 5.74) is 1.43. The van der Waals surface area contributed by atoms with E-state index >= 15 is 0 Å². The molecule has 0 amide bonds. The molecule has 0 radical (unpaired) electrons. The lowest BCUT2D eigenvalue weighted by Gasteiger charge is -2.11. The molecule has 0 fully saturated rings. The van der Waals surface area contributed by atoms with E-state index in [0.717, 1.165) is 15.8 Å². The highest BCUT2D eigenvalue weighted by atomic mass is 32.1. The molecule has 0 saturated heterocycles. The summed E-state index contributed by atoms with van der Waals surface area (Å²) in [5, 5.41) is 3.61. The summed E-state index contributed by atoms with van der Waals surface area (Å²) in [7, 11) is 2.91. The van der Waals surface area contributed by atoms with Gasteiger partial charge in [0.05, 0.1) is 25.2 Å². The number of rotatable bonds is 3. The molecule has 2 heterocycles. The van der Waals surface area contributed by atoms with Crippen molar-refractivity contribution < 1.29 is 14.3 Å². The normalized spacial score (nSPS) is 10.6. The van der Waals surface area contributed by atoms with Gasteiger partial charge in [-0.3, -0.25) is 0 Å². The first-order chi connectivity index (χ1) is 10.3. The minimum absolute atomic E-state index is 0.399. The van der Waals surface area contributed by atoms with Gasteiger partial charge in [0.15, 0.2) is 0 Å². The summed E-state index contributed by atoms with van der Waals surface area (Å²) >= 11 is 1.63. The fraction of sp³-hybridized carbons (Fsp3) is 0.125. The van der Waals surface area contributed by atoms with Crippen LogP contribution in [0, 0.1) is 0 Å². The average Bonchev–Trinajstić information content (AvgIpc) is 3.06. The van der Waals surface area contributed by atoms with Crippen molar-refractivity contribution in [2.24, 2.45) is 0 Å². The number of benzene rings is 1. The zero-order valence-electron chi connectivity index (χ0n) is 11.6. The Kier molecular flexibility index (Phi) is 3.58. The van der Waals surface area contributed by atoms with E-state index in [-0.39, 0.29) is 0 Å².